The zero-order chi connectivity index (χ0) is 9.84. The summed E-state index contributed by atoms with van der Waals surface area (Å²) in [6.07, 6.45) is 3.90. The molecule has 0 saturated carbocycles. The average Bonchev–Trinajstić information content (AvgIpc) is 2.10. The monoisotopic (exact) mass is 195 g/mol. The number of hydrogen-bond acceptors (Lipinski definition) is 1. The molecule has 2 heteroatoms. The minimum absolute atomic E-state index is 0.560. The van der Waals surface area contributed by atoms with Crippen LogP contribution < -0.4 is 5.73 Å². The quantitative estimate of drug-likeness (QED) is 0.772. The van der Waals surface area contributed by atoms with Crippen molar-refractivity contribution in [1.29, 1.82) is 0 Å². The van der Waals surface area contributed by atoms with Gasteiger partial charge in [0.25, 0.3) is 0 Å². The van der Waals surface area contributed by atoms with Crippen LogP contribution in [0, 0.1) is 13.8 Å². The van der Waals surface area contributed by atoms with Crippen molar-refractivity contribution < 1.29 is 0 Å². The van der Waals surface area contributed by atoms with Crippen molar-refractivity contribution in [1.82, 2.24) is 0 Å². The SMILES string of the molecule is Cc1cc(/C=C/CN)cc(Cl)c1C. The normalized spacial score (nSPS) is 11.1. The maximum Gasteiger partial charge on any atom is 0.0443 e. The second kappa shape index (κ2) is 4.45. The van der Waals surface area contributed by atoms with Crippen LogP contribution in [0.3, 0.4) is 0 Å². The smallest absolute Gasteiger partial charge is 0.0443 e. The molecule has 1 rings (SSSR count). The Morgan fingerprint density at radius 2 is 2.08 bits per heavy atom. The summed E-state index contributed by atoms with van der Waals surface area (Å²) in [4.78, 5) is 0. The molecule has 13 heavy (non-hydrogen) atoms. The molecular weight excluding hydrogens is 182 g/mol. The highest BCUT2D eigenvalue weighted by atomic mass is 35.5. The summed E-state index contributed by atoms with van der Waals surface area (Å²) < 4.78 is 0. The van der Waals surface area contributed by atoms with Gasteiger partial charge in [-0.3, -0.25) is 0 Å². The van der Waals surface area contributed by atoms with E-state index in [0.29, 0.717) is 6.54 Å². The van der Waals surface area contributed by atoms with Gasteiger partial charge < -0.3 is 5.73 Å². The van der Waals surface area contributed by atoms with Crippen LogP contribution in [0.15, 0.2) is 18.2 Å². The van der Waals surface area contributed by atoms with Gasteiger partial charge in [-0.05, 0) is 36.6 Å². The van der Waals surface area contributed by atoms with Crippen LogP contribution in [0.25, 0.3) is 6.08 Å². The van der Waals surface area contributed by atoms with Crippen molar-refractivity contribution in [3.8, 4) is 0 Å². The Morgan fingerprint density at radius 1 is 1.38 bits per heavy atom. The van der Waals surface area contributed by atoms with E-state index in [4.69, 9.17) is 17.3 Å². The van der Waals surface area contributed by atoms with Crippen LogP contribution in [-0.4, -0.2) is 6.54 Å². The molecular formula is C11H14ClN. The van der Waals surface area contributed by atoms with Crippen LogP contribution in [0.4, 0.5) is 0 Å². The number of halogens is 1. The topological polar surface area (TPSA) is 26.0 Å². The molecule has 70 valence electrons. The predicted octanol–water partition coefficient (Wildman–Crippen LogP) is 2.93. The van der Waals surface area contributed by atoms with Crippen LogP contribution in [0.2, 0.25) is 5.02 Å². The van der Waals surface area contributed by atoms with Gasteiger partial charge in [-0.1, -0.05) is 29.8 Å². The van der Waals surface area contributed by atoms with E-state index in [1.54, 1.807) is 0 Å². The van der Waals surface area contributed by atoms with Crippen LogP contribution in [0.1, 0.15) is 16.7 Å². The first-order valence-corrected chi connectivity index (χ1v) is 4.66. The maximum absolute atomic E-state index is 6.03. The highest BCUT2D eigenvalue weighted by Crippen LogP contribution is 2.21. The number of aryl methyl sites for hydroxylation is 1. The van der Waals surface area contributed by atoms with Gasteiger partial charge in [0, 0.05) is 11.6 Å². The molecule has 1 nitrogen and oxygen atoms in total. The van der Waals surface area contributed by atoms with Gasteiger partial charge in [0.2, 0.25) is 0 Å². The van der Waals surface area contributed by atoms with Crippen molar-refractivity contribution in [3.63, 3.8) is 0 Å². The number of benzene rings is 1. The molecule has 0 fully saturated rings. The minimum atomic E-state index is 0.560. The van der Waals surface area contributed by atoms with Gasteiger partial charge >= 0.3 is 0 Å². The second-order valence-electron chi connectivity index (χ2n) is 3.08. The third-order valence-corrected chi connectivity index (χ3v) is 2.47. The Morgan fingerprint density at radius 3 is 2.62 bits per heavy atom. The molecule has 0 saturated heterocycles. The Labute approximate surface area is 84.2 Å². The molecule has 0 heterocycles. The van der Waals surface area contributed by atoms with Gasteiger partial charge in [0.1, 0.15) is 0 Å². The maximum atomic E-state index is 6.03. The van der Waals surface area contributed by atoms with E-state index in [0.717, 1.165) is 16.1 Å². The molecule has 0 bridgehead atoms. The molecule has 0 aliphatic rings. The summed E-state index contributed by atoms with van der Waals surface area (Å²) in [6.45, 7) is 4.64. The lowest BCUT2D eigenvalue weighted by Gasteiger charge is -2.04. The third kappa shape index (κ3) is 2.58. The fraction of sp³-hybridized carbons (Fsp3) is 0.273. The van der Waals surface area contributed by atoms with Crippen LogP contribution in [-0.2, 0) is 0 Å². The largest absolute Gasteiger partial charge is 0.327 e. The summed E-state index contributed by atoms with van der Waals surface area (Å²) in [5.41, 5.74) is 8.83. The summed E-state index contributed by atoms with van der Waals surface area (Å²) in [5, 5.41) is 0.816. The standard InChI is InChI=1S/C11H14ClN/c1-8-6-10(4-3-5-13)7-11(12)9(8)2/h3-4,6-7H,5,13H2,1-2H3/b4-3+. The van der Waals surface area contributed by atoms with Gasteiger partial charge in [-0.25, -0.2) is 0 Å². The third-order valence-electron chi connectivity index (χ3n) is 2.07. The lowest BCUT2D eigenvalue weighted by Crippen LogP contribution is -1.92. The van der Waals surface area contributed by atoms with E-state index in [1.165, 1.54) is 5.56 Å². The van der Waals surface area contributed by atoms with Crippen molar-refractivity contribution in [3.05, 3.63) is 39.9 Å². The lowest BCUT2D eigenvalue weighted by atomic mass is 10.1. The van der Waals surface area contributed by atoms with Gasteiger partial charge in [-0.15, -0.1) is 0 Å². The van der Waals surface area contributed by atoms with Crippen LogP contribution in [0.5, 0.6) is 0 Å². The van der Waals surface area contributed by atoms with Gasteiger partial charge in [-0.2, -0.15) is 0 Å². The minimum Gasteiger partial charge on any atom is -0.327 e. The summed E-state index contributed by atoms with van der Waals surface area (Å²) in [6, 6.07) is 4.06. The second-order valence-corrected chi connectivity index (χ2v) is 3.49. The Balaban J connectivity index is 3.06. The molecule has 0 radical (unpaired) electrons. The molecule has 0 amide bonds. The molecule has 0 spiro atoms. The van der Waals surface area contributed by atoms with E-state index >= 15 is 0 Å². The van der Waals surface area contributed by atoms with Crippen molar-refractivity contribution in [2.45, 2.75) is 13.8 Å². The molecule has 0 aliphatic heterocycles. The predicted molar refractivity (Wildman–Crippen MR) is 59.0 cm³/mol. The number of nitrogens with two attached hydrogens (primary N) is 1. The highest BCUT2D eigenvalue weighted by Gasteiger charge is 1.99. The van der Waals surface area contributed by atoms with E-state index in [-0.39, 0.29) is 0 Å². The molecule has 1 aromatic rings. The first-order chi connectivity index (χ1) is 6.15. The zero-order valence-electron chi connectivity index (χ0n) is 7.97. The van der Waals surface area contributed by atoms with E-state index in [9.17, 15) is 0 Å². The van der Waals surface area contributed by atoms with E-state index in [2.05, 4.69) is 13.0 Å². The number of rotatable bonds is 2. The first-order valence-electron chi connectivity index (χ1n) is 4.28. The fourth-order valence-electron chi connectivity index (χ4n) is 1.14. The van der Waals surface area contributed by atoms with Crippen molar-refractivity contribution in [2.75, 3.05) is 6.54 Å². The van der Waals surface area contributed by atoms with Gasteiger partial charge in [0.05, 0.1) is 0 Å². The molecule has 1 aromatic carbocycles. The first kappa shape index (κ1) is 10.3. The summed E-state index contributed by atoms with van der Waals surface area (Å²) >= 11 is 6.03. The van der Waals surface area contributed by atoms with E-state index in [1.807, 2.05) is 25.1 Å². The average molecular weight is 196 g/mol. The molecule has 0 aromatic heterocycles. The summed E-state index contributed by atoms with van der Waals surface area (Å²) in [5.74, 6) is 0. The fourth-order valence-corrected chi connectivity index (χ4v) is 1.42. The molecule has 0 unspecified atom stereocenters. The Kier molecular flexibility index (Phi) is 3.52. The van der Waals surface area contributed by atoms with E-state index < -0.39 is 0 Å². The highest BCUT2D eigenvalue weighted by molar-refractivity contribution is 6.31. The lowest BCUT2D eigenvalue weighted by molar-refractivity contribution is 1.26. The van der Waals surface area contributed by atoms with Crippen LogP contribution >= 0.6 is 11.6 Å². The molecule has 2 N–H and O–H groups in total. The molecule has 0 atom stereocenters. The number of hydrogen-bond donors (Lipinski definition) is 1. The molecule has 0 aliphatic carbocycles. The Hall–Kier alpha value is -0.790. The zero-order valence-corrected chi connectivity index (χ0v) is 8.73. The van der Waals surface area contributed by atoms with Gasteiger partial charge in [0.15, 0.2) is 0 Å². The van der Waals surface area contributed by atoms with Crippen molar-refractivity contribution in [2.24, 2.45) is 5.73 Å². The van der Waals surface area contributed by atoms with Crippen molar-refractivity contribution >= 4 is 17.7 Å². The Bertz CT molecular complexity index is 306. The summed E-state index contributed by atoms with van der Waals surface area (Å²) in [7, 11) is 0.